The molecule has 1 aromatic heterocycles. The lowest BCUT2D eigenvalue weighted by molar-refractivity contribution is 0.0886. The number of amides is 1. The number of H-pyrrole nitrogens is 1. The van der Waals surface area contributed by atoms with Gasteiger partial charge in [0.2, 0.25) is 0 Å². The van der Waals surface area contributed by atoms with Crippen LogP contribution in [0.15, 0.2) is 30.3 Å². The zero-order valence-electron chi connectivity index (χ0n) is 13.7. The minimum atomic E-state index is -0.280. The van der Waals surface area contributed by atoms with Crippen LogP contribution in [0, 0.1) is 5.92 Å². The normalized spacial score (nSPS) is 13.4. The number of ether oxygens (including phenoxy) is 1. The highest BCUT2D eigenvalue weighted by Crippen LogP contribution is 2.28. The molecule has 6 heteroatoms. The zero-order chi connectivity index (χ0) is 16.8. The highest BCUT2D eigenvalue weighted by atomic mass is 16.5. The van der Waals surface area contributed by atoms with Crippen molar-refractivity contribution in [3.8, 4) is 17.0 Å². The second-order valence-corrected chi connectivity index (χ2v) is 5.52. The molecule has 1 aromatic carbocycles. The number of nitrogens with zero attached hydrogens (tertiary/aromatic N) is 1. The predicted molar refractivity (Wildman–Crippen MR) is 88.4 cm³/mol. The highest BCUT2D eigenvalue weighted by Gasteiger charge is 2.20. The Bertz CT molecular complexity index is 654. The fraction of sp³-hybridized carbons (Fsp3) is 0.412. The van der Waals surface area contributed by atoms with Gasteiger partial charge in [0.1, 0.15) is 11.4 Å². The number of aliphatic hydroxyl groups excluding tert-OH is 1. The number of carbonyl (C=O) groups is 1. The van der Waals surface area contributed by atoms with E-state index in [1.807, 2.05) is 38.1 Å². The van der Waals surface area contributed by atoms with E-state index >= 15 is 0 Å². The summed E-state index contributed by atoms with van der Waals surface area (Å²) in [6.45, 7) is 3.93. The van der Waals surface area contributed by atoms with E-state index < -0.39 is 0 Å². The number of hydrogen-bond donors (Lipinski definition) is 3. The van der Waals surface area contributed by atoms with Crippen LogP contribution in [-0.2, 0) is 0 Å². The Kier molecular flexibility index (Phi) is 5.76. The lowest BCUT2D eigenvalue weighted by Gasteiger charge is -2.21. The fourth-order valence-electron chi connectivity index (χ4n) is 2.33. The second kappa shape index (κ2) is 7.78. The van der Waals surface area contributed by atoms with Crippen LogP contribution < -0.4 is 10.1 Å². The molecule has 1 heterocycles. The number of benzene rings is 1. The van der Waals surface area contributed by atoms with Gasteiger partial charge in [-0.25, -0.2) is 0 Å². The minimum Gasteiger partial charge on any atom is -0.496 e. The van der Waals surface area contributed by atoms with Gasteiger partial charge in [0.05, 0.1) is 25.5 Å². The number of carbonyl (C=O) groups excluding carboxylic acids is 1. The molecule has 0 bridgehead atoms. The number of aromatic amines is 1. The summed E-state index contributed by atoms with van der Waals surface area (Å²) < 4.78 is 5.31. The maximum Gasteiger partial charge on any atom is 0.269 e. The predicted octanol–water partition coefficient (Wildman–Crippen LogP) is 2.22. The average molecular weight is 317 g/mol. The Morgan fingerprint density at radius 2 is 2.17 bits per heavy atom. The van der Waals surface area contributed by atoms with Crippen molar-refractivity contribution >= 4 is 5.91 Å². The van der Waals surface area contributed by atoms with Gasteiger partial charge in [-0.05, 0) is 24.1 Å². The first-order valence-electron chi connectivity index (χ1n) is 7.71. The van der Waals surface area contributed by atoms with Crippen LogP contribution in [0.5, 0.6) is 5.75 Å². The SMILES string of the molecule is CCC(C)C(CO)NC(=O)c1cc(-c2ccccc2OC)n[nH]1. The minimum absolute atomic E-state index is 0.0890. The Morgan fingerprint density at radius 3 is 2.83 bits per heavy atom. The van der Waals surface area contributed by atoms with Gasteiger partial charge in [-0.3, -0.25) is 9.89 Å². The summed E-state index contributed by atoms with van der Waals surface area (Å²) in [5, 5.41) is 19.2. The van der Waals surface area contributed by atoms with Gasteiger partial charge in [-0.1, -0.05) is 32.4 Å². The van der Waals surface area contributed by atoms with E-state index in [1.54, 1.807) is 13.2 Å². The first-order valence-corrected chi connectivity index (χ1v) is 7.71. The van der Waals surface area contributed by atoms with Gasteiger partial charge >= 0.3 is 0 Å². The molecule has 3 N–H and O–H groups in total. The monoisotopic (exact) mass is 317 g/mol. The number of rotatable bonds is 7. The molecule has 124 valence electrons. The van der Waals surface area contributed by atoms with Gasteiger partial charge in [-0.2, -0.15) is 5.10 Å². The average Bonchev–Trinajstić information content (AvgIpc) is 3.08. The Morgan fingerprint density at radius 1 is 1.43 bits per heavy atom. The molecule has 0 spiro atoms. The molecule has 2 rings (SSSR count). The van der Waals surface area contributed by atoms with Gasteiger partial charge in [0.25, 0.3) is 5.91 Å². The maximum atomic E-state index is 12.3. The van der Waals surface area contributed by atoms with Crippen molar-refractivity contribution < 1.29 is 14.6 Å². The third kappa shape index (κ3) is 3.90. The summed E-state index contributed by atoms with van der Waals surface area (Å²) in [6, 6.07) is 8.89. The lowest BCUT2D eigenvalue weighted by Crippen LogP contribution is -2.42. The summed E-state index contributed by atoms with van der Waals surface area (Å²) in [5.74, 6) is 0.609. The molecule has 0 saturated carbocycles. The maximum absolute atomic E-state index is 12.3. The standard InChI is InChI=1S/C17H23N3O3/c1-4-11(2)15(10-21)18-17(22)14-9-13(19-20-14)12-7-5-6-8-16(12)23-3/h5-9,11,15,21H,4,10H2,1-3H3,(H,18,22)(H,19,20). The number of aliphatic hydroxyl groups is 1. The van der Waals surface area contributed by atoms with Crippen molar-refractivity contribution in [2.24, 2.45) is 5.92 Å². The molecule has 0 aliphatic heterocycles. The van der Waals surface area contributed by atoms with E-state index in [2.05, 4.69) is 15.5 Å². The molecule has 23 heavy (non-hydrogen) atoms. The topological polar surface area (TPSA) is 87.2 Å². The molecule has 1 amide bonds. The molecule has 2 aromatic rings. The smallest absolute Gasteiger partial charge is 0.269 e. The number of nitrogens with one attached hydrogen (secondary N) is 2. The van der Waals surface area contributed by atoms with E-state index in [4.69, 9.17) is 4.74 Å². The van der Waals surface area contributed by atoms with Crippen molar-refractivity contribution in [1.29, 1.82) is 0 Å². The van der Waals surface area contributed by atoms with Crippen LogP contribution >= 0.6 is 0 Å². The molecule has 2 unspecified atom stereocenters. The molecular weight excluding hydrogens is 294 g/mol. The van der Waals surface area contributed by atoms with E-state index in [9.17, 15) is 9.90 Å². The third-order valence-corrected chi connectivity index (χ3v) is 4.05. The lowest BCUT2D eigenvalue weighted by atomic mass is 10.00. The van der Waals surface area contributed by atoms with Crippen molar-refractivity contribution in [1.82, 2.24) is 15.5 Å². The molecular formula is C17H23N3O3. The first-order chi connectivity index (χ1) is 11.1. The first kappa shape index (κ1) is 17.0. The van der Waals surface area contributed by atoms with Crippen LogP contribution in [-0.4, -0.2) is 41.0 Å². The molecule has 2 atom stereocenters. The van der Waals surface area contributed by atoms with E-state index in [0.717, 1.165) is 12.0 Å². The van der Waals surface area contributed by atoms with Crippen LogP contribution in [0.3, 0.4) is 0 Å². The second-order valence-electron chi connectivity index (χ2n) is 5.52. The van der Waals surface area contributed by atoms with Gasteiger partial charge in [-0.15, -0.1) is 0 Å². The molecule has 0 fully saturated rings. The number of hydrogen-bond acceptors (Lipinski definition) is 4. The van der Waals surface area contributed by atoms with E-state index in [0.29, 0.717) is 17.1 Å². The molecule has 0 aliphatic carbocycles. The summed E-state index contributed by atoms with van der Waals surface area (Å²) in [5.41, 5.74) is 1.80. The van der Waals surface area contributed by atoms with Gasteiger partial charge in [0, 0.05) is 5.56 Å². The van der Waals surface area contributed by atoms with Crippen LogP contribution in [0.2, 0.25) is 0 Å². The molecule has 0 radical (unpaired) electrons. The quantitative estimate of drug-likeness (QED) is 0.731. The zero-order valence-corrected chi connectivity index (χ0v) is 13.7. The van der Waals surface area contributed by atoms with Crippen molar-refractivity contribution in [2.75, 3.05) is 13.7 Å². The van der Waals surface area contributed by atoms with Crippen LogP contribution in [0.4, 0.5) is 0 Å². The molecule has 6 nitrogen and oxygen atoms in total. The Balaban J connectivity index is 2.17. The van der Waals surface area contributed by atoms with Gasteiger partial charge < -0.3 is 15.2 Å². The summed E-state index contributed by atoms with van der Waals surface area (Å²) in [4.78, 5) is 12.3. The van der Waals surface area contributed by atoms with E-state index in [-0.39, 0.29) is 24.5 Å². The van der Waals surface area contributed by atoms with Crippen molar-refractivity contribution in [3.05, 3.63) is 36.0 Å². The highest BCUT2D eigenvalue weighted by molar-refractivity contribution is 5.93. The largest absolute Gasteiger partial charge is 0.496 e. The van der Waals surface area contributed by atoms with Crippen LogP contribution in [0.1, 0.15) is 30.8 Å². The summed E-state index contributed by atoms with van der Waals surface area (Å²) >= 11 is 0. The van der Waals surface area contributed by atoms with Gasteiger partial charge in [0.15, 0.2) is 0 Å². The van der Waals surface area contributed by atoms with Crippen molar-refractivity contribution in [3.63, 3.8) is 0 Å². The number of methoxy groups -OCH3 is 1. The third-order valence-electron chi connectivity index (χ3n) is 4.05. The summed E-state index contributed by atoms with van der Waals surface area (Å²) in [6.07, 6.45) is 0.876. The van der Waals surface area contributed by atoms with Crippen molar-refractivity contribution in [2.45, 2.75) is 26.3 Å². The van der Waals surface area contributed by atoms with E-state index in [1.165, 1.54) is 0 Å². The molecule has 0 aliphatic rings. The fourth-order valence-corrected chi connectivity index (χ4v) is 2.33. The molecule has 0 saturated heterocycles. The Hall–Kier alpha value is -2.34. The number of para-hydroxylation sites is 1. The summed E-state index contributed by atoms with van der Waals surface area (Å²) in [7, 11) is 1.59. The Labute approximate surface area is 135 Å². The van der Waals surface area contributed by atoms with Crippen LogP contribution in [0.25, 0.3) is 11.3 Å². The number of aromatic nitrogens is 2.